The number of carboxylic acid groups (broad SMARTS) is 1. The molecule has 0 amide bonds. The van der Waals surface area contributed by atoms with E-state index in [1.807, 2.05) is 0 Å². The van der Waals surface area contributed by atoms with Crippen LogP contribution in [0.2, 0.25) is 0 Å². The Balaban J connectivity index is 1.60. The Bertz CT molecular complexity index is 388. The molecule has 2 unspecified atom stereocenters. The average molecular weight is 294 g/mol. The van der Waals surface area contributed by atoms with Gasteiger partial charge < -0.3 is 10.0 Å². The molecule has 3 rings (SSSR count). The second kappa shape index (κ2) is 5.88. The fourth-order valence-electron chi connectivity index (χ4n) is 4.32. The number of nitrogens with one attached hydrogen (secondary N) is 1. The SMILES string of the molecule is CC1CCC(N(C)C2CCC(NC3CC3)(C(=O)O)C2)CC1. The third-order valence-corrected chi connectivity index (χ3v) is 6.09. The molecule has 0 aromatic heterocycles. The molecule has 0 heterocycles. The van der Waals surface area contributed by atoms with Gasteiger partial charge in [0.1, 0.15) is 5.54 Å². The highest BCUT2D eigenvalue weighted by Gasteiger charge is 2.49. The summed E-state index contributed by atoms with van der Waals surface area (Å²) in [4.78, 5) is 14.3. The maximum Gasteiger partial charge on any atom is 0.323 e. The first-order chi connectivity index (χ1) is 10.00. The van der Waals surface area contributed by atoms with Gasteiger partial charge in [-0.15, -0.1) is 0 Å². The zero-order valence-corrected chi connectivity index (χ0v) is 13.5. The number of carbonyl (C=O) groups is 1. The first-order valence-corrected chi connectivity index (χ1v) is 8.73. The first kappa shape index (κ1) is 15.3. The first-order valence-electron chi connectivity index (χ1n) is 8.73. The minimum Gasteiger partial charge on any atom is -0.480 e. The van der Waals surface area contributed by atoms with Gasteiger partial charge in [-0.3, -0.25) is 10.1 Å². The molecule has 21 heavy (non-hydrogen) atoms. The molecule has 0 aromatic carbocycles. The number of hydrogen-bond acceptors (Lipinski definition) is 3. The molecule has 3 aliphatic carbocycles. The number of carboxylic acids is 1. The summed E-state index contributed by atoms with van der Waals surface area (Å²) in [5.74, 6) is 0.232. The van der Waals surface area contributed by atoms with Crippen LogP contribution in [0.25, 0.3) is 0 Å². The zero-order chi connectivity index (χ0) is 15.0. The Morgan fingerprint density at radius 3 is 2.33 bits per heavy atom. The van der Waals surface area contributed by atoms with Crippen LogP contribution in [0.1, 0.15) is 64.7 Å². The average Bonchev–Trinajstić information content (AvgIpc) is 3.15. The number of hydrogen-bond donors (Lipinski definition) is 2. The van der Waals surface area contributed by atoms with Crippen LogP contribution in [0, 0.1) is 5.92 Å². The summed E-state index contributed by atoms with van der Waals surface area (Å²) in [5.41, 5.74) is -0.651. The molecular formula is C17H30N2O2. The molecule has 120 valence electrons. The molecule has 0 spiro atoms. The zero-order valence-electron chi connectivity index (χ0n) is 13.5. The van der Waals surface area contributed by atoms with Crippen LogP contribution >= 0.6 is 0 Å². The molecule has 0 aliphatic heterocycles. The maximum absolute atomic E-state index is 11.8. The van der Waals surface area contributed by atoms with E-state index < -0.39 is 11.5 Å². The van der Waals surface area contributed by atoms with Crippen molar-refractivity contribution in [2.45, 2.75) is 88.4 Å². The lowest BCUT2D eigenvalue weighted by molar-refractivity contribution is -0.145. The normalized spacial score (nSPS) is 40.6. The lowest BCUT2D eigenvalue weighted by Crippen LogP contribution is -2.52. The van der Waals surface area contributed by atoms with E-state index in [0.29, 0.717) is 18.1 Å². The van der Waals surface area contributed by atoms with Gasteiger partial charge >= 0.3 is 5.97 Å². The summed E-state index contributed by atoms with van der Waals surface area (Å²) in [6.07, 6.45) is 10.1. The van der Waals surface area contributed by atoms with Gasteiger partial charge in [-0.2, -0.15) is 0 Å². The Morgan fingerprint density at radius 1 is 1.10 bits per heavy atom. The van der Waals surface area contributed by atoms with Crippen molar-refractivity contribution < 1.29 is 9.90 Å². The van der Waals surface area contributed by atoms with Gasteiger partial charge in [0, 0.05) is 18.1 Å². The molecule has 0 saturated heterocycles. The van der Waals surface area contributed by atoms with E-state index >= 15 is 0 Å². The molecule has 0 aromatic rings. The monoisotopic (exact) mass is 294 g/mol. The largest absolute Gasteiger partial charge is 0.480 e. The van der Waals surface area contributed by atoms with Crippen molar-refractivity contribution >= 4 is 5.97 Å². The quantitative estimate of drug-likeness (QED) is 0.818. The van der Waals surface area contributed by atoms with Crippen LogP contribution in [0.5, 0.6) is 0 Å². The molecule has 0 radical (unpaired) electrons. The molecule has 3 aliphatic rings. The van der Waals surface area contributed by atoms with E-state index in [1.54, 1.807) is 0 Å². The maximum atomic E-state index is 11.8. The van der Waals surface area contributed by atoms with E-state index in [-0.39, 0.29) is 0 Å². The fourth-order valence-corrected chi connectivity index (χ4v) is 4.32. The van der Waals surface area contributed by atoms with Crippen molar-refractivity contribution in [2.24, 2.45) is 5.92 Å². The summed E-state index contributed by atoms with van der Waals surface area (Å²) in [6.45, 7) is 2.35. The molecule has 3 saturated carbocycles. The van der Waals surface area contributed by atoms with E-state index in [1.165, 1.54) is 25.7 Å². The van der Waals surface area contributed by atoms with Crippen LogP contribution in [-0.2, 0) is 4.79 Å². The van der Waals surface area contributed by atoms with Crippen molar-refractivity contribution in [1.82, 2.24) is 10.2 Å². The van der Waals surface area contributed by atoms with E-state index in [2.05, 4.69) is 24.2 Å². The Hall–Kier alpha value is -0.610. The molecular weight excluding hydrogens is 264 g/mol. The Labute approximate surface area is 128 Å². The number of nitrogens with zero attached hydrogens (tertiary/aromatic N) is 1. The summed E-state index contributed by atoms with van der Waals surface area (Å²) < 4.78 is 0. The van der Waals surface area contributed by atoms with Crippen LogP contribution < -0.4 is 5.32 Å². The summed E-state index contributed by atoms with van der Waals surface area (Å²) >= 11 is 0. The fraction of sp³-hybridized carbons (Fsp3) is 0.941. The standard InChI is InChI=1S/C17H30N2O2/c1-12-3-7-14(8-4-12)19(2)15-9-10-17(11-15,16(20)21)18-13-5-6-13/h12-15,18H,3-11H2,1-2H3,(H,20,21). The van der Waals surface area contributed by atoms with Crippen LogP contribution in [0.15, 0.2) is 0 Å². The molecule has 4 nitrogen and oxygen atoms in total. The molecule has 2 atom stereocenters. The predicted octanol–water partition coefficient (Wildman–Crippen LogP) is 2.62. The van der Waals surface area contributed by atoms with Gasteiger partial charge in [-0.05, 0) is 70.8 Å². The van der Waals surface area contributed by atoms with Crippen molar-refractivity contribution in [3.8, 4) is 0 Å². The summed E-state index contributed by atoms with van der Waals surface area (Å²) in [6, 6.07) is 1.56. The third kappa shape index (κ3) is 3.26. The van der Waals surface area contributed by atoms with Crippen molar-refractivity contribution in [1.29, 1.82) is 0 Å². The summed E-state index contributed by atoms with van der Waals surface area (Å²) in [7, 11) is 2.22. The summed E-state index contributed by atoms with van der Waals surface area (Å²) in [5, 5.41) is 13.1. The minimum absolute atomic E-state index is 0.436. The highest BCUT2D eigenvalue weighted by Crippen LogP contribution is 2.38. The predicted molar refractivity (Wildman–Crippen MR) is 83.3 cm³/mol. The number of aliphatic carboxylic acids is 1. The van der Waals surface area contributed by atoms with Crippen LogP contribution in [-0.4, -0.2) is 46.7 Å². The van der Waals surface area contributed by atoms with Gasteiger partial charge in [-0.1, -0.05) is 6.92 Å². The highest BCUT2D eigenvalue weighted by molar-refractivity contribution is 5.79. The molecule has 3 fully saturated rings. The van der Waals surface area contributed by atoms with Gasteiger partial charge in [0.25, 0.3) is 0 Å². The second-order valence-electron chi connectivity index (χ2n) is 7.78. The van der Waals surface area contributed by atoms with Crippen molar-refractivity contribution in [2.75, 3.05) is 7.05 Å². The second-order valence-corrected chi connectivity index (χ2v) is 7.78. The number of rotatable bonds is 5. The minimum atomic E-state index is -0.651. The Kier molecular flexibility index (Phi) is 4.28. The van der Waals surface area contributed by atoms with Gasteiger partial charge in [0.15, 0.2) is 0 Å². The van der Waals surface area contributed by atoms with E-state index in [9.17, 15) is 9.90 Å². The van der Waals surface area contributed by atoms with Crippen molar-refractivity contribution in [3.05, 3.63) is 0 Å². The van der Waals surface area contributed by atoms with Gasteiger partial charge in [-0.25, -0.2) is 0 Å². The van der Waals surface area contributed by atoms with Gasteiger partial charge in [0.2, 0.25) is 0 Å². The van der Waals surface area contributed by atoms with Gasteiger partial charge in [0.05, 0.1) is 0 Å². The lowest BCUT2D eigenvalue weighted by Gasteiger charge is -2.38. The molecule has 2 N–H and O–H groups in total. The van der Waals surface area contributed by atoms with Crippen LogP contribution in [0.3, 0.4) is 0 Å². The smallest absolute Gasteiger partial charge is 0.323 e. The molecule has 4 heteroatoms. The van der Waals surface area contributed by atoms with Crippen LogP contribution in [0.4, 0.5) is 0 Å². The van der Waals surface area contributed by atoms with E-state index in [4.69, 9.17) is 0 Å². The highest BCUT2D eigenvalue weighted by atomic mass is 16.4. The van der Waals surface area contributed by atoms with E-state index in [0.717, 1.165) is 38.0 Å². The molecule has 0 bridgehead atoms. The Morgan fingerprint density at radius 2 is 1.76 bits per heavy atom. The lowest BCUT2D eigenvalue weighted by atomic mass is 9.86. The third-order valence-electron chi connectivity index (χ3n) is 6.09. The topological polar surface area (TPSA) is 52.6 Å². The van der Waals surface area contributed by atoms with Crippen molar-refractivity contribution in [3.63, 3.8) is 0 Å².